The average molecular weight is 210 g/mol. The summed E-state index contributed by atoms with van der Waals surface area (Å²) in [6.07, 6.45) is -2.13. The average Bonchev–Trinajstić information content (AvgIpc) is 2.25. The van der Waals surface area contributed by atoms with Gasteiger partial charge in [-0.05, 0) is 12.1 Å². The third-order valence-electron chi connectivity index (χ3n) is 1.97. The van der Waals surface area contributed by atoms with Crippen molar-refractivity contribution >= 4 is 5.69 Å². The summed E-state index contributed by atoms with van der Waals surface area (Å²) in [5.41, 5.74) is 0.730. The molecule has 1 aromatic rings. The molecule has 0 atom stereocenters. The van der Waals surface area contributed by atoms with Gasteiger partial charge in [-0.25, -0.2) is 8.78 Å². The van der Waals surface area contributed by atoms with Crippen LogP contribution in [0.2, 0.25) is 0 Å². The summed E-state index contributed by atoms with van der Waals surface area (Å²) in [7, 11) is 0. The molecule has 0 unspecified atom stereocenters. The van der Waals surface area contributed by atoms with Crippen LogP contribution in [-0.4, -0.2) is 19.5 Å². The first-order valence-electron chi connectivity index (χ1n) is 4.69. The molecular formula is C11H12F2N2. The van der Waals surface area contributed by atoms with Crippen molar-refractivity contribution in [3.63, 3.8) is 0 Å². The van der Waals surface area contributed by atoms with Gasteiger partial charge in [0.25, 0.3) is 6.43 Å². The fourth-order valence-electron chi connectivity index (χ4n) is 1.32. The number of hydrogen-bond acceptors (Lipinski definition) is 2. The van der Waals surface area contributed by atoms with Crippen LogP contribution < -0.4 is 4.90 Å². The van der Waals surface area contributed by atoms with Gasteiger partial charge in [0.05, 0.1) is 19.0 Å². The van der Waals surface area contributed by atoms with Gasteiger partial charge in [-0.1, -0.05) is 18.2 Å². The Morgan fingerprint density at radius 3 is 2.47 bits per heavy atom. The first-order chi connectivity index (χ1) is 7.24. The Balaban J connectivity index is 2.68. The summed E-state index contributed by atoms with van der Waals surface area (Å²) in [5, 5.41) is 8.43. The van der Waals surface area contributed by atoms with Crippen LogP contribution in [0.25, 0.3) is 0 Å². The van der Waals surface area contributed by atoms with E-state index in [-0.39, 0.29) is 13.0 Å². The predicted octanol–water partition coefficient (Wildman–Crippen LogP) is 2.67. The van der Waals surface area contributed by atoms with Gasteiger partial charge in [0.2, 0.25) is 0 Å². The molecule has 0 aliphatic carbocycles. The number of para-hydroxylation sites is 1. The van der Waals surface area contributed by atoms with Crippen molar-refractivity contribution in [1.29, 1.82) is 5.26 Å². The molecule has 0 N–H and O–H groups in total. The van der Waals surface area contributed by atoms with Crippen LogP contribution in [0, 0.1) is 11.3 Å². The molecule has 0 bridgehead atoms. The molecule has 0 saturated carbocycles. The van der Waals surface area contributed by atoms with Crippen molar-refractivity contribution in [2.45, 2.75) is 12.8 Å². The van der Waals surface area contributed by atoms with Gasteiger partial charge in [-0.2, -0.15) is 5.26 Å². The third-order valence-corrected chi connectivity index (χ3v) is 1.97. The second-order valence-electron chi connectivity index (χ2n) is 3.08. The summed E-state index contributed by atoms with van der Waals surface area (Å²) >= 11 is 0. The van der Waals surface area contributed by atoms with Crippen molar-refractivity contribution < 1.29 is 8.78 Å². The Kier molecular flexibility index (Phi) is 4.55. The van der Waals surface area contributed by atoms with Gasteiger partial charge in [0.1, 0.15) is 0 Å². The summed E-state index contributed by atoms with van der Waals surface area (Å²) in [4.78, 5) is 1.52. The number of anilines is 1. The number of nitrogens with zero attached hydrogens (tertiary/aromatic N) is 2. The van der Waals surface area contributed by atoms with Gasteiger partial charge in [0.15, 0.2) is 0 Å². The molecule has 1 rings (SSSR count). The molecular weight excluding hydrogens is 198 g/mol. The maximum Gasteiger partial charge on any atom is 0.255 e. The molecule has 0 saturated heterocycles. The van der Waals surface area contributed by atoms with Crippen molar-refractivity contribution in [1.82, 2.24) is 0 Å². The Hall–Kier alpha value is -1.63. The second kappa shape index (κ2) is 5.97. The molecule has 1 aromatic carbocycles. The van der Waals surface area contributed by atoms with Gasteiger partial charge in [0, 0.05) is 12.2 Å². The fraction of sp³-hybridized carbons (Fsp3) is 0.364. The lowest BCUT2D eigenvalue weighted by atomic mass is 10.2. The standard InChI is InChI=1S/C11H12F2N2/c12-11(13)9-15(8-4-7-14)10-5-2-1-3-6-10/h1-3,5-6,11H,4,8-9H2. The number of nitriles is 1. The molecule has 80 valence electrons. The molecule has 2 nitrogen and oxygen atoms in total. The molecule has 0 amide bonds. The van der Waals surface area contributed by atoms with Gasteiger partial charge < -0.3 is 4.90 Å². The van der Waals surface area contributed by atoms with Gasteiger partial charge in [-0.15, -0.1) is 0 Å². The SMILES string of the molecule is N#CCCN(CC(F)F)c1ccccc1. The maximum absolute atomic E-state index is 12.3. The lowest BCUT2D eigenvalue weighted by molar-refractivity contribution is 0.155. The van der Waals surface area contributed by atoms with E-state index >= 15 is 0 Å². The van der Waals surface area contributed by atoms with Crippen molar-refractivity contribution in [2.24, 2.45) is 0 Å². The zero-order chi connectivity index (χ0) is 11.1. The monoisotopic (exact) mass is 210 g/mol. The first-order valence-corrected chi connectivity index (χ1v) is 4.69. The van der Waals surface area contributed by atoms with Crippen LogP contribution in [0.15, 0.2) is 30.3 Å². The molecule has 0 aliphatic heterocycles. The van der Waals surface area contributed by atoms with Gasteiger partial charge in [-0.3, -0.25) is 0 Å². The maximum atomic E-state index is 12.3. The van der Waals surface area contributed by atoms with Crippen LogP contribution in [0.5, 0.6) is 0 Å². The summed E-state index contributed by atoms with van der Waals surface area (Å²) in [6, 6.07) is 10.9. The lowest BCUT2D eigenvalue weighted by Crippen LogP contribution is -2.29. The van der Waals surface area contributed by atoms with Crippen molar-refractivity contribution in [3.8, 4) is 6.07 Å². The largest absolute Gasteiger partial charge is 0.365 e. The van der Waals surface area contributed by atoms with Crippen LogP contribution >= 0.6 is 0 Å². The minimum absolute atomic E-state index is 0.252. The number of alkyl halides is 2. The number of benzene rings is 1. The summed E-state index contributed by atoms with van der Waals surface area (Å²) in [6.45, 7) is 0.0105. The molecule has 4 heteroatoms. The second-order valence-corrected chi connectivity index (χ2v) is 3.08. The van der Waals surface area contributed by atoms with E-state index in [0.29, 0.717) is 6.54 Å². The van der Waals surface area contributed by atoms with E-state index < -0.39 is 6.43 Å². The van der Waals surface area contributed by atoms with E-state index in [1.54, 1.807) is 24.3 Å². The fourth-order valence-corrected chi connectivity index (χ4v) is 1.32. The summed E-state index contributed by atoms with van der Waals surface area (Å²) in [5.74, 6) is 0. The molecule has 15 heavy (non-hydrogen) atoms. The minimum atomic E-state index is -2.39. The number of halogens is 2. The highest BCUT2D eigenvalue weighted by Crippen LogP contribution is 2.14. The van der Waals surface area contributed by atoms with Crippen molar-refractivity contribution in [2.75, 3.05) is 18.0 Å². The van der Waals surface area contributed by atoms with E-state index in [0.717, 1.165) is 5.69 Å². The topological polar surface area (TPSA) is 27.0 Å². The Morgan fingerprint density at radius 2 is 1.93 bits per heavy atom. The lowest BCUT2D eigenvalue weighted by Gasteiger charge is -2.23. The van der Waals surface area contributed by atoms with Crippen LogP contribution in [0.3, 0.4) is 0 Å². The normalized spacial score (nSPS) is 10.0. The smallest absolute Gasteiger partial charge is 0.255 e. The quantitative estimate of drug-likeness (QED) is 0.747. The highest BCUT2D eigenvalue weighted by Gasteiger charge is 2.11. The first kappa shape index (κ1) is 11.4. The van der Waals surface area contributed by atoms with E-state index in [4.69, 9.17) is 5.26 Å². The van der Waals surface area contributed by atoms with Gasteiger partial charge >= 0.3 is 0 Å². The van der Waals surface area contributed by atoms with Crippen LogP contribution in [0.1, 0.15) is 6.42 Å². The molecule has 0 heterocycles. The minimum Gasteiger partial charge on any atom is -0.365 e. The van der Waals surface area contributed by atoms with E-state index in [9.17, 15) is 8.78 Å². The van der Waals surface area contributed by atoms with E-state index in [1.165, 1.54) is 4.90 Å². The van der Waals surface area contributed by atoms with E-state index in [2.05, 4.69) is 0 Å². The van der Waals surface area contributed by atoms with E-state index in [1.807, 2.05) is 12.1 Å². The Bertz CT molecular complexity index is 319. The van der Waals surface area contributed by atoms with Crippen molar-refractivity contribution in [3.05, 3.63) is 30.3 Å². The number of hydrogen-bond donors (Lipinski definition) is 0. The summed E-state index contributed by atoms with van der Waals surface area (Å²) < 4.78 is 24.5. The van der Waals surface area contributed by atoms with Crippen LogP contribution in [0.4, 0.5) is 14.5 Å². The Morgan fingerprint density at radius 1 is 1.27 bits per heavy atom. The zero-order valence-corrected chi connectivity index (χ0v) is 8.24. The molecule has 0 aromatic heterocycles. The molecule has 0 fully saturated rings. The number of rotatable bonds is 5. The molecule has 0 spiro atoms. The molecule has 0 radical (unpaired) electrons. The predicted molar refractivity (Wildman–Crippen MR) is 54.9 cm³/mol. The molecule has 0 aliphatic rings. The third kappa shape index (κ3) is 3.94. The highest BCUT2D eigenvalue weighted by molar-refractivity contribution is 5.46. The zero-order valence-electron chi connectivity index (χ0n) is 8.24. The highest BCUT2D eigenvalue weighted by atomic mass is 19.3. The Labute approximate surface area is 87.7 Å². The van der Waals surface area contributed by atoms with Crippen LogP contribution in [-0.2, 0) is 0 Å².